The van der Waals surface area contributed by atoms with Crippen LogP contribution in [0.4, 0.5) is 5.69 Å². The van der Waals surface area contributed by atoms with Gasteiger partial charge in [0.25, 0.3) is 5.91 Å². The number of amides is 1. The molecule has 0 unspecified atom stereocenters. The summed E-state index contributed by atoms with van der Waals surface area (Å²) in [7, 11) is 1.77. The second-order valence-corrected chi connectivity index (χ2v) is 6.50. The predicted molar refractivity (Wildman–Crippen MR) is 90.6 cm³/mol. The number of carbonyl (C=O) groups is 1. The Balaban J connectivity index is 1.84. The molecular formula is C16H11ClN4OS. The zero-order chi connectivity index (χ0) is 16.4. The summed E-state index contributed by atoms with van der Waals surface area (Å²) in [5, 5.41) is 15.9. The fourth-order valence-electron chi connectivity index (χ4n) is 2.12. The molecule has 1 amide bonds. The summed E-state index contributed by atoms with van der Waals surface area (Å²) in [5.74, 6) is -0.329. The molecule has 7 heteroatoms. The number of nitriles is 1. The highest BCUT2D eigenvalue weighted by molar-refractivity contribution is 7.19. The molecule has 0 saturated carbocycles. The molecule has 0 aliphatic carbocycles. The number of rotatable bonds is 3. The summed E-state index contributed by atoms with van der Waals surface area (Å²) < 4.78 is 2.32. The summed E-state index contributed by atoms with van der Waals surface area (Å²) in [6.45, 7) is 0. The summed E-state index contributed by atoms with van der Waals surface area (Å²) >= 11 is 7.38. The van der Waals surface area contributed by atoms with Crippen molar-refractivity contribution in [2.75, 3.05) is 5.32 Å². The lowest BCUT2D eigenvalue weighted by atomic mass is 10.2. The third kappa shape index (κ3) is 3.26. The Morgan fingerprint density at radius 2 is 2.17 bits per heavy atom. The molecule has 5 nitrogen and oxygen atoms in total. The lowest BCUT2D eigenvalue weighted by Gasteiger charge is -2.02. The first kappa shape index (κ1) is 15.3. The summed E-state index contributed by atoms with van der Waals surface area (Å²) in [6, 6.07) is 14.2. The number of hydrogen-bond donors (Lipinski definition) is 1. The van der Waals surface area contributed by atoms with Gasteiger partial charge >= 0.3 is 0 Å². The summed E-state index contributed by atoms with van der Waals surface area (Å²) in [5.41, 5.74) is 2.16. The van der Waals surface area contributed by atoms with Crippen LogP contribution in [-0.4, -0.2) is 15.7 Å². The number of benzene rings is 1. The van der Waals surface area contributed by atoms with Crippen LogP contribution in [0.2, 0.25) is 4.34 Å². The van der Waals surface area contributed by atoms with E-state index < -0.39 is 0 Å². The van der Waals surface area contributed by atoms with Gasteiger partial charge in [0, 0.05) is 12.7 Å². The van der Waals surface area contributed by atoms with Gasteiger partial charge in [-0.15, -0.1) is 11.3 Å². The van der Waals surface area contributed by atoms with Gasteiger partial charge in [0.1, 0.15) is 0 Å². The van der Waals surface area contributed by atoms with Crippen molar-refractivity contribution in [3.63, 3.8) is 0 Å². The van der Waals surface area contributed by atoms with Gasteiger partial charge in [0.05, 0.1) is 26.5 Å². The molecule has 3 rings (SSSR count). The monoisotopic (exact) mass is 342 g/mol. The fraction of sp³-hybridized carbons (Fsp3) is 0.0625. The van der Waals surface area contributed by atoms with Crippen molar-refractivity contribution in [3.05, 3.63) is 58.1 Å². The second-order valence-electron chi connectivity index (χ2n) is 4.79. The minimum absolute atomic E-state index is 0.300. The largest absolute Gasteiger partial charge is 0.321 e. The number of carbonyl (C=O) groups excluding carboxylic acids is 1. The van der Waals surface area contributed by atoms with Crippen molar-refractivity contribution in [2.24, 2.45) is 7.05 Å². The molecule has 2 heterocycles. The van der Waals surface area contributed by atoms with Gasteiger partial charge in [-0.25, -0.2) is 0 Å². The van der Waals surface area contributed by atoms with Crippen molar-refractivity contribution in [2.45, 2.75) is 0 Å². The smallest absolute Gasteiger partial charge is 0.276 e. The molecular weight excluding hydrogens is 332 g/mol. The molecule has 1 aromatic carbocycles. The Morgan fingerprint density at radius 3 is 2.87 bits per heavy atom. The van der Waals surface area contributed by atoms with Crippen LogP contribution in [-0.2, 0) is 7.05 Å². The first-order valence-corrected chi connectivity index (χ1v) is 7.87. The molecule has 0 saturated heterocycles. The molecule has 23 heavy (non-hydrogen) atoms. The molecule has 0 radical (unpaired) electrons. The van der Waals surface area contributed by atoms with Crippen molar-refractivity contribution in [1.29, 1.82) is 5.26 Å². The average molecular weight is 343 g/mol. The van der Waals surface area contributed by atoms with E-state index in [0.717, 1.165) is 10.6 Å². The third-order valence-electron chi connectivity index (χ3n) is 3.19. The summed E-state index contributed by atoms with van der Waals surface area (Å²) in [6.07, 6.45) is 0. The zero-order valence-corrected chi connectivity index (χ0v) is 13.6. The number of halogens is 1. The third-order valence-corrected chi connectivity index (χ3v) is 4.44. The maximum atomic E-state index is 12.3. The quantitative estimate of drug-likeness (QED) is 0.784. The van der Waals surface area contributed by atoms with E-state index in [1.165, 1.54) is 11.3 Å². The van der Waals surface area contributed by atoms with Crippen LogP contribution in [0, 0.1) is 11.3 Å². The second kappa shape index (κ2) is 6.24. The van der Waals surface area contributed by atoms with E-state index in [4.69, 9.17) is 16.9 Å². The van der Waals surface area contributed by atoms with E-state index in [9.17, 15) is 4.79 Å². The average Bonchev–Trinajstić information content (AvgIpc) is 3.13. The van der Waals surface area contributed by atoms with Crippen molar-refractivity contribution >= 4 is 34.5 Å². The van der Waals surface area contributed by atoms with Gasteiger partial charge < -0.3 is 5.32 Å². The summed E-state index contributed by atoms with van der Waals surface area (Å²) in [4.78, 5) is 13.3. The molecule has 3 aromatic rings. The van der Waals surface area contributed by atoms with E-state index in [2.05, 4.69) is 10.4 Å². The first-order chi connectivity index (χ1) is 11.1. The molecule has 0 atom stereocenters. The number of aryl methyl sites for hydroxylation is 1. The molecule has 0 bridgehead atoms. The molecule has 0 aliphatic heterocycles. The topological polar surface area (TPSA) is 70.7 Å². The number of nitrogens with one attached hydrogen (secondary N) is 1. The van der Waals surface area contributed by atoms with E-state index >= 15 is 0 Å². The highest BCUT2D eigenvalue weighted by Crippen LogP contribution is 2.31. The van der Waals surface area contributed by atoms with Crippen LogP contribution < -0.4 is 5.32 Å². The molecule has 0 spiro atoms. The van der Waals surface area contributed by atoms with Crippen molar-refractivity contribution in [3.8, 4) is 16.6 Å². The Morgan fingerprint density at radius 1 is 1.35 bits per heavy atom. The molecule has 0 aliphatic rings. The molecule has 2 aromatic heterocycles. The Hall–Kier alpha value is -2.62. The number of thiophene rings is 1. The Kier molecular flexibility index (Phi) is 4.15. The predicted octanol–water partition coefficient (Wildman–Crippen LogP) is 3.93. The van der Waals surface area contributed by atoms with E-state index in [0.29, 0.717) is 21.3 Å². The number of nitrogens with zero attached hydrogens (tertiary/aromatic N) is 3. The van der Waals surface area contributed by atoms with Crippen LogP contribution in [0.3, 0.4) is 0 Å². The van der Waals surface area contributed by atoms with Gasteiger partial charge in [-0.05, 0) is 36.4 Å². The van der Waals surface area contributed by atoms with E-state index in [-0.39, 0.29) is 5.91 Å². The van der Waals surface area contributed by atoms with Crippen LogP contribution in [0.15, 0.2) is 42.5 Å². The van der Waals surface area contributed by atoms with Crippen LogP contribution in [0.5, 0.6) is 0 Å². The van der Waals surface area contributed by atoms with Crippen LogP contribution in [0.1, 0.15) is 16.1 Å². The number of aromatic nitrogens is 2. The van der Waals surface area contributed by atoms with Gasteiger partial charge in [0.15, 0.2) is 5.69 Å². The van der Waals surface area contributed by atoms with Crippen molar-refractivity contribution < 1.29 is 4.79 Å². The van der Waals surface area contributed by atoms with Crippen LogP contribution in [0.25, 0.3) is 10.6 Å². The van der Waals surface area contributed by atoms with Gasteiger partial charge in [0.2, 0.25) is 0 Å². The van der Waals surface area contributed by atoms with Gasteiger partial charge in [-0.2, -0.15) is 10.4 Å². The first-order valence-electron chi connectivity index (χ1n) is 6.68. The van der Waals surface area contributed by atoms with E-state index in [1.807, 2.05) is 18.2 Å². The van der Waals surface area contributed by atoms with Crippen molar-refractivity contribution in [1.82, 2.24) is 9.78 Å². The lowest BCUT2D eigenvalue weighted by Crippen LogP contribution is -2.13. The molecule has 1 N–H and O–H groups in total. The zero-order valence-electron chi connectivity index (χ0n) is 12.1. The Labute approximate surface area is 141 Å². The lowest BCUT2D eigenvalue weighted by molar-refractivity contribution is 0.102. The maximum absolute atomic E-state index is 12.3. The van der Waals surface area contributed by atoms with E-state index in [1.54, 1.807) is 42.1 Å². The minimum Gasteiger partial charge on any atom is -0.321 e. The van der Waals surface area contributed by atoms with Crippen LogP contribution >= 0.6 is 22.9 Å². The molecule has 114 valence electrons. The van der Waals surface area contributed by atoms with Gasteiger partial charge in [-0.1, -0.05) is 17.7 Å². The Bertz CT molecular complexity index is 922. The highest BCUT2D eigenvalue weighted by atomic mass is 35.5. The fourth-order valence-corrected chi connectivity index (χ4v) is 3.21. The number of anilines is 1. The standard InChI is InChI=1S/C16H11ClN4OS/c1-21-13(14-5-6-15(17)23-14)8-12(20-21)16(22)19-11-4-2-3-10(7-11)9-18/h2-8H,1H3,(H,19,22). The normalized spacial score (nSPS) is 10.3. The molecule has 0 fully saturated rings. The SMILES string of the molecule is Cn1nc(C(=O)Nc2cccc(C#N)c2)cc1-c1ccc(Cl)s1. The van der Waals surface area contributed by atoms with Gasteiger partial charge in [-0.3, -0.25) is 9.48 Å². The highest BCUT2D eigenvalue weighted by Gasteiger charge is 2.15. The number of hydrogen-bond acceptors (Lipinski definition) is 4. The minimum atomic E-state index is -0.329. The maximum Gasteiger partial charge on any atom is 0.276 e.